The fourth-order valence-corrected chi connectivity index (χ4v) is 4.53. The van der Waals surface area contributed by atoms with E-state index in [0.717, 1.165) is 17.9 Å². The Labute approximate surface area is 105 Å². The van der Waals surface area contributed by atoms with Crippen LogP contribution in [-0.2, 0) is 0 Å². The smallest absolute Gasteiger partial charge is 0.00928 e. The molecule has 0 aromatic rings. The summed E-state index contributed by atoms with van der Waals surface area (Å²) < 4.78 is 0. The summed E-state index contributed by atoms with van der Waals surface area (Å²) in [5, 5.41) is 3.87. The highest BCUT2D eigenvalue weighted by Crippen LogP contribution is 2.28. The molecule has 2 aliphatic rings. The maximum absolute atomic E-state index is 3.87. The molecule has 2 atom stereocenters. The van der Waals surface area contributed by atoms with Crippen molar-refractivity contribution in [1.82, 2.24) is 5.32 Å². The Bertz CT molecular complexity index is 183. The van der Waals surface area contributed by atoms with Crippen molar-refractivity contribution < 1.29 is 0 Å². The Kier molecular flexibility index (Phi) is 5.51. The minimum atomic E-state index is 0.811. The maximum atomic E-state index is 3.87. The molecule has 0 aromatic carbocycles. The molecule has 1 N–H and O–H groups in total. The van der Waals surface area contributed by atoms with Gasteiger partial charge in [-0.3, -0.25) is 0 Å². The Morgan fingerprint density at radius 2 is 2.00 bits per heavy atom. The van der Waals surface area contributed by atoms with Gasteiger partial charge in [-0.15, -0.1) is 0 Å². The average Bonchev–Trinajstić information content (AvgIpc) is 2.84. The predicted octanol–water partition coefficient (Wildman–Crippen LogP) is 3.69. The van der Waals surface area contributed by atoms with Crippen LogP contribution >= 0.6 is 11.8 Å². The maximum Gasteiger partial charge on any atom is 0.00928 e. The first-order chi connectivity index (χ1) is 7.90. The summed E-state index contributed by atoms with van der Waals surface area (Å²) in [6.07, 6.45) is 10.1. The fourth-order valence-electron chi connectivity index (χ4n) is 3.24. The molecule has 1 aliphatic carbocycles. The minimum absolute atomic E-state index is 0.811. The molecular formula is C14H27NS. The molecule has 0 bridgehead atoms. The van der Waals surface area contributed by atoms with E-state index in [1.807, 2.05) is 0 Å². The third kappa shape index (κ3) is 3.66. The Balaban J connectivity index is 1.70. The number of rotatable bonds is 5. The SMILES string of the molecule is CCC(NCC1CCSC1)C1CCCCC1. The van der Waals surface area contributed by atoms with Crippen molar-refractivity contribution in [3.8, 4) is 0 Å². The first-order valence-corrected chi connectivity index (χ1v) is 8.36. The monoisotopic (exact) mass is 241 g/mol. The van der Waals surface area contributed by atoms with Crippen LogP contribution in [0.1, 0.15) is 51.9 Å². The summed E-state index contributed by atoms with van der Waals surface area (Å²) in [5.41, 5.74) is 0. The number of hydrogen-bond donors (Lipinski definition) is 1. The van der Waals surface area contributed by atoms with Crippen molar-refractivity contribution >= 4 is 11.8 Å². The van der Waals surface area contributed by atoms with Gasteiger partial charge in [0.25, 0.3) is 0 Å². The molecule has 1 heterocycles. The van der Waals surface area contributed by atoms with Crippen LogP contribution < -0.4 is 5.32 Å². The number of hydrogen-bond acceptors (Lipinski definition) is 2. The van der Waals surface area contributed by atoms with Gasteiger partial charge in [0.05, 0.1) is 0 Å². The van der Waals surface area contributed by atoms with E-state index in [1.54, 1.807) is 0 Å². The van der Waals surface area contributed by atoms with Crippen LogP contribution in [0.15, 0.2) is 0 Å². The third-order valence-corrected chi connectivity index (χ3v) is 5.58. The van der Waals surface area contributed by atoms with Gasteiger partial charge in [0.15, 0.2) is 0 Å². The number of thioether (sulfide) groups is 1. The highest BCUT2D eigenvalue weighted by molar-refractivity contribution is 7.99. The predicted molar refractivity (Wildman–Crippen MR) is 74.1 cm³/mol. The first-order valence-electron chi connectivity index (χ1n) is 7.21. The molecule has 1 nitrogen and oxygen atoms in total. The minimum Gasteiger partial charge on any atom is -0.313 e. The van der Waals surface area contributed by atoms with Gasteiger partial charge in [-0.25, -0.2) is 0 Å². The standard InChI is InChI=1S/C14H27NS/c1-2-14(13-6-4-3-5-7-13)15-10-12-8-9-16-11-12/h12-15H,2-11H2,1H3. The molecule has 94 valence electrons. The van der Waals surface area contributed by atoms with Gasteiger partial charge in [0, 0.05) is 6.04 Å². The molecule has 1 aliphatic heterocycles. The zero-order valence-electron chi connectivity index (χ0n) is 10.7. The molecule has 0 aromatic heterocycles. The lowest BCUT2D eigenvalue weighted by Crippen LogP contribution is -2.39. The largest absolute Gasteiger partial charge is 0.313 e. The van der Waals surface area contributed by atoms with Gasteiger partial charge in [0.1, 0.15) is 0 Å². The van der Waals surface area contributed by atoms with Crippen molar-refractivity contribution in [1.29, 1.82) is 0 Å². The van der Waals surface area contributed by atoms with Crippen LogP contribution in [0, 0.1) is 11.8 Å². The van der Waals surface area contributed by atoms with Crippen molar-refractivity contribution in [2.24, 2.45) is 11.8 Å². The van der Waals surface area contributed by atoms with Gasteiger partial charge in [0.2, 0.25) is 0 Å². The summed E-state index contributed by atoms with van der Waals surface area (Å²) in [6.45, 7) is 3.64. The van der Waals surface area contributed by atoms with Gasteiger partial charge < -0.3 is 5.32 Å². The summed E-state index contributed by atoms with van der Waals surface area (Å²) >= 11 is 2.14. The van der Waals surface area contributed by atoms with E-state index >= 15 is 0 Å². The molecule has 2 heteroatoms. The van der Waals surface area contributed by atoms with Gasteiger partial charge in [-0.1, -0.05) is 26.2 Å². The molecule has 0 radical (unpaired) electrons. The molecule has 2 unspecified atom stereocenters. The molecule has 2 fully saturated rings. The van der Waals surface area contributed by atoms with Crippen LogP contribution in [-0.4, -0.2) is 24.1 Å². The Hall–Kier alpha value is 0.310. The quantitative estimate of drug-likeness (QED) is 0.788. The van der Waals surface area contributed by atoms with E-state index in [1.165, 1.54) is 63.0 Å². The van der Waals surface area contributed by atoms with Gasteiger partial charge in [-0.05, 0) is 55.6 Å². The zero-order valence-corrected chi connectivity index (χ0v) is 11.5. The Morgan fingerprint density at radius 3 is 2.62 bits per heavy atom. The normalized spacial score (nSPS) is 29.4. The third-order valence-electron chi connectivity index (χ3n) is 4.35. The van der Waals surface area contributed by atoms with E-state index in [2.05, 4.69) is 24.0 Å². The lowest BCUT2D eigenvalue weighted by molar-refractivity contribution is 0.256. The van der Waals surface area contributed by atoms with E-state index in [4.69, 9.17) is 0 Å². The number of nitrogens with one attached hydrogen (secondary N) is 1. The Morgan fingerprint density at radius 1 is 1.19 bits per heavy atom. The fraction of sp³-hybridized carbons (Fsp3) is 1.00. The topological polar surface area (TPSA) is 12.0 Å². The zero-order chi connectivity index (χ0) is 11.2. The van der Waals surface area contributed by atoms with E-state index in [9.17, 15) is 0 Å². The van der Waals surface area contributed by atoms with Crippen molar-refractivity contribution in [2.75, 3.05) is 18.1 Å². The highest BCUT2D eigenvalue weighted by atomic mass is 32.2. The summed E-state index contributed by atoms with van der Waals surface area (Å²) in [7, 11) is 0. The second kappa shape index (κ2) is 6.90. The summed E-state index contributed by atoms with van der Waals surface area (Å²) in [6, 6.07) is 0.811. The second-order valence-corrected chi connectivity index (χ2v) is 6.70. The molecule has 2 rings (SSSR count). The van der Waals surface area contributed by atoms with E-state index < -0.39 is 0 Å². The van der Waals surface area contributed by atoms with Crippen molar-refractivity contribution in [3.63, 3.8) is 0 Å². The molecule has 0 spiro atoms. The highest BCUT2D eigenvalue weighted by Gasteiger charge is 2.23. The second-order valence-electron chi connectivity index (χ2n) is 5.55. The van der Waals surface area contributed by atoms with Crippen molar-refractivity contribution in [2.45, 2.75) is 57.9 Å². The molecule has 1 saturated heterocycles. The molecule has 0 amide bonds. The molecular weight excluding hydrogens is 214 g/mol. The molecule has 1 saturated carbocycles. The van der Waals surface area contributed by atoms with Crippen molar-refractivity contribution in [3.05, 3.63) is 0 Å². The van der Waals surface area contributed by atoms with Gasteiger partial charge in [-0.2, -0.15) is 11.8 Å². The van der Waals surface area contributed by atoms with Crippen LogP contribution in [0.5, 0.6) is 0 Å². The van der Waals surface area contributed by atoms with Crippen LogP contribution in [0.2, 0.25) is 0 Å². The summed E-state index contributed by atoms with van der Waals surface area (Å²) in [4.78, 5) is 0. The average molecular weight is 241 g/mol. The lowest BCUT2D eigenvalue weighted by Gasteiger charge is -2.31. The van der Waals surface area contributed by atoms with Crippen LogP contribution in [0.4, 0.5) is 0 Å². The summed E-state index contributed by atoms with van der Waals surface area (Å²) in [5.74, 6) is 4.73. The van der Waals surface area contributed by atoms with E-state index in [0.29, 0.717) is 0 Å². The molecule has 16 heavy (non-hydrogen) atoms. The first kappa shape index (κ1) is 12.8. The van der Waals surface area contributed by atoms with Crippen LogP contribution in [0.25, 0.3) is 0 Å². The lowest BCUT2D eigenvalue weighted by atomic mass is 9.83. The van der Waals surface area contributed by atoms with E-state index in [-0.39, 0.29) is 0 Å². The van der Waals surface area contributed by atoms with Gasteiger partial charge >= 0.3 is 0 Å². The van der Waals surface area contributed by atoms with Crippen LogP contribution in [0.3, 0.4) is 0 Å².